The minimum absolute atomic E-state index is 0.0751. The number of amides is 3. The Balaban J connectivity index is 2.49. The summed E-state index contributed by atoms with van der Waals surface area (Å²) in [6, 6.07) is 8.82. The fourth-order valence-corrected chi connectivity index (χ4v) is 4.30. The molecule has 2 atom stereocenters. The van der Waals surface area contributed by atoms with Gasteiger partial charge in [-0.2, -0.15) is 0 Å². The molecule has 0 aliphatic heterocycles. The number of nitrogens with one attached hydrogen (secondary N) is 1. The number of benzene rings is 1. The van der Waals surface area contributed by atoms with E-state index in [-0.39, 0.29) is 25.0 Å². The topological polar surface area (TPSA) is 82.1 Å². The lowest BCUT2D eigenvalue weighted by Crippen LogP contribution is -2.55. The van der Waals surface area contributed by atoms with Crippen molar-refractivity contribution in [2.24, 2.45) is 5.92 Å². The van der Waals surface area contributed by atoms with Crippen molar-refractivity contribution in [1.82, 2.24) is 15.1 Å². The molecule has 1 aromatic rings. The van der Waals surface area contributed by atoms with E-state index in [0.29, 0.717) is 13.0 Å². The van der Waals surface area contributed by atoms with Crippen LogP contribution in [0.2, 0.25) is 0 Å². The van der Waals surface area contributed by atoms with Gasteiger partial charge in [0.2, 0.25) is 0 Å². The minimum atomic E-state index is -1.02. The summed E-state index contributed by atoms with van der Waals surface area (Å²) in [6.45, 7) is 16.2. The lowest BCUT2D eigenvalue weighted by atomic mass is 9.97. The molecule has 7 heteroatoms. The van der Waals surface area contributed by atoms with Crippen LogP contribution in [0.1, 0.15) is 73.8 Å². The molecule has 0 fully saturated rings. The Hall–Kier alpha value is -3.06. The summed E-state index contributed by atoms with van der Waals surface area (Å²) in [5, 5.41) is 14.8. The van der Waals surface area contributed by atoms with E-state index >= 15 is 0 Å². The maximum atomic E-state index is 13.7. The normalized spacial score (nSPS) is 15.3. The second-order valence-corrected chi connectivity index (χ2v) is 12.7. The molecule has 0 bridgehead atoms. The first-order chi connectivity index (χ1) is 18.1. The molecule has 7 nitrogen and oxygen atoms in total. The predicted molar refractivity (Wildman–Crippen MR) is 158 cm³/mol. The van der Waals surface area contributed by atoms with E-state index < -0.39 is 29.4 Å². The average Bonchev–Trinajstić information content (AvgIpc) is 3.07. The summed E-state index contributed by atoms with van der Waals surface area (Å²) < 4.78 is 5.83. The van der Waals surface area contributed by atoms with Crippen molar-refractivity contribution in [2.45, 2.75) is 98.1 Å². The van der Waals surface area contributed by atoms with Crippen molar-refractivity contribution in [2.75, 3.05) is 13.1 Å². The number of urea groups is 1. The Bertz CT molecular complexity index is 1020. The van der Waals surface area contributed by atoms with Gasteiger partial charge in [-0.05, 0) is 71.4 Å². The van der Waals surface area contributed by atoms with Gasteiger partial charge in [0, 0.05) is 18.6 Å². The van der Waals surface area contributed by atoms with Gasteiger partial charge >= 0.3 is 12.1 Å². The Morgan fingerprint density at radius 3 is 2.28 bits per heavy atom. The summed E-state index contributed by atoms with van der Waals surface area (Å²) in [4.78, 5) is 30.2. The fourth-order valence-electron chi connectivity index (χ4n) is 4.30. The van der Waals surface area contributed by atoms with Crippen molar-refractivity contribution in [3.05, 3.63) is 71.8 Å². The van der Waals surface area contributed by atoms with Crippen LogP contribution in [0.4, 0.5) is 9.59 Å². The minimum Gasteiger partial charge on any atom is -0.444 e. The predicted octanol–water partition coefficient (Wildman–Crippen LogP) is 6.45. The van der Waals surface area contributed by atoms with E-state index in [9.17, 15) is 14.7 Å². The highest BCUT2D eigenvalue weighted by molar-refractivity contribution is 5.75. The molecule has 0 saturated carbocycles. The molecule has 0 heterocycles. The van der Waals surface area contributed by atoms with Crippen LogP contribution < -0.4 is 5.32 Å². The number of hydrogen-bond acceptors (Lipinski definition) is 4. The van der Waals surface area contributed by atoms with Crippen molar-refractivity contribution in [3.63, 3.8) is 0 Å². The van der Waals surface area contributed by atoms with Crippen molar-refractivity contribution in [3.8, 4) is 0 Å². The van der Waals surface area contributed by atoms with Gasteiger partial charge in [0.05, 0.1) is 18.7 Å². The van der Waals surface area contributed by atoms with E-state index in [1.807, 2.05) is 104 Å². The third kappa shape index (κ3) is 12.1. The molecule has 2 unspecified atom stereocenters. The van der Waals surface area contributed by atoms with Crippen molar-refractivity contribution in [1.29, 1.82) is 0 Å². The number of nitrogens with zero attached hydrogens (tertiary/aromatic N) is 2. The van der Waals surface area contributed by atoms with Gasteiger partial charge in [-0.1, -0.05) is 74.6 Å². The van der Waals surface area contributed by atoms with Gasteiger partial charge < -0.3 is 20.1 Å². The molecule has 2 rings (SSSR count). The average molecular weight is 540 g/mol. The van der Waals surface area contributed by atoms with Crippen LogP contribution in [0.25, 0.3) is 0 Å². The molecule has 1 aliphatic rings. The quantitative estimate of drug-likeness (QED) is 0.358. The first-order valence-corrected chi connectivity index (χ1v) is 14.0. The number of carbonyl (C=O) groups is 2. The van der Waals surface area contributed by atoms with Gasteiger partial charge in [0.15, 0.2) is 0 Å². The second-order valence-electron chi connectivity index (χ2n) is 12.7. The van der Waals surface area contributed by atoms with Gasteiger partial charge in [-0.3, -0.25) is 4.90 Å². The van der Waals surface area contributed by atoms with E-state index in [1.54, 1.807) is 9.80 Å². The van der Waals surface area contributed by atoms with E-state index in [4.69, 9.17) is 4.74 Å². The van der Waals surface area contributed by atoms with Crippen LogP contribution in [0, 0.1) is 5.92 Å². The Morgan fingerprint density at radius 2 is 1.69 bits per heavy atom. The van der Waals surface area contributed by atoms with Gasteiger partial charge in [-0.15, -0.1) is 0 Å². The number of aliphatic hydroxyl groups is 1. The zero-order chi connectivity index (χ0) is 29.2. The lowest BCUT2D eigenvalue weighted by Gasteiger charge is -2.39. The highest BCUT2D eigenvalue weighted by atomic mass is 16.6. The SMILES string of the molecule is CC(C)CN(CC(O)C(CC1=CC=CCC=C1)N(Cc1ccccc1)C(=O)OC(C)(C)C)C(=O)NC(C)(C)C. The molecule has 2 N–H and O–H groups in total. The molecule has 1 aromatic carbocycles. The molecule has 0 aromatic heterocycles. The van der Waals surface area contributed by atoms with Crippen LogP contribution in [0.3, 0.4) is 0 Å². The van der Waals surface area contributed by atoms with Crippen LogP contribution in [0.15, 0.2) is 66.3 Å². The molecule has 0 saturated heterocycles. The number of carbonyl (C=O) groups excluding carboxylic acids is 2. The van der Waals surface area contributed by atoms with Gasteiger partial charge in [-0.25, -0.2) is 9.59 Å². The van der Waals surface area contributed by atoms with E-state index in [1.165, 1.54) is 0 Å². The van der Waals surface area contributed by atoms with Crippen LogP contribution in [-0.4, -0.2) is 63.4 Å². The molecule has 39 heavy (non-hydrogen) atoms. The summed E-state index contributed by atoms with van der Waals surface area (Å²) in [7, 11) is 0. The maximum Gasteiger partial charge on any atom is 0.410 e. The molecule has 3 amide bonds. The van der Waals surface area contributed by atoms with E-state index in [2.05, 4.69) is 17.5 Å². The number of rotatable bonds is 10. The summed E-state index contributed by atoms with van der Waals surface area (Å²) in [5.41, 5.74) is 0.788. The van der Waals surface area contributed by atoms with E-state index in [0.717, 1.165) is 17.6 Å². The third-order valence-corrected chi connectivity index (χ3v) is 5.93. The third-order valence-electron chi connectivity index (χ3n) is 5.93. The zero-order valence-electron chi connectivity index (χ0n) is 25.1. The first kappa shape index (κ1) is 32.2. The lowest BCUT2D eigenvalue weighted by molar-refractivity contribution is -0.0138. The Morgan fingerprint density at radius 1 is 1.03 bits per heavy atom. The molecular formula is C32H49N3O4. The molecule has 1 aliphatic carbocycles. The monoisotopic (exact) mass is 539 g/mol. The largest absolute Gasteiger partial charge is 0.444 e. The van der Waals surface area contributed by atoms with Gasteiger partial charge in [0.25, 0.3) is 0 Å². The summed E-state index contributed by atoms with van der Waals surface area (Å²) in [6.07, 6.45) is 9.88. The highest BCUT2D eigenvalue weighted by Gasteiger charge is 2.35. The molecular weight excluding hydrogens is 490 g/mol. The summed E-state index contributed by atoms with van der Waals surface area (Å²) in [5.74, 6) is 0.199. The van der Waals surface area contributed by atoms with Crippen molar-refractivity contribution >= 4 is 12.1 Å². The first-order valence-electron chi connectivity index (χ1n) is 14.0. The number of ether oxygens (including phenoxy) is 1. The summed E-state index contributed by atoms with van der Waals surface area (Å²) >= 11 is 0. The highest BCUT2D eigenvalue weighted by Crippen LogP contribution is 2.24. The standard InChI is InChI=1S/C32H49N3O4/c1-24(2)21-34(29(37)33-31(3,4)5)23-28(36)27(20-25-16-12-9-10-13-17-25)35(30(38)39-32(6,7)8)22-26-18-14-11-15-19-26/h9,11-19,24,27-28,36H,10,20-23H2,1-8H3,(H,33,37). The zero-order valence-corrected chi connectivity index (χ0v) is 25.1. The Labute approximate surface area is 235 Å². The second kappa shape index (κ2) is 14.4. The number of allylic oxidation sites excluding steroid dienone is 5. The van der Waals surface area contributed by atoms with Crippen molar-refractivity contribution < 1.29 is 19.4 Å². The van der Waals surface area contributed by atoms with Crippen LogP contribution in [-0.2, 0) is 11.3 Å². The number of hydrogen-bond donors (Lipinski definition) is 2. The fraction of sp³-hybridized carbons (Fsp3) is 0.562. The molecule has 216 valence electrons. The number of aliphatic hydroxyl groups excluding tert-OH is 1. The molecule has 0 radical (unpaired) electrons. The van der Waals surface area contributed by atoms with Gasteiger partial charge in [0.1, 0.15) is 5.60 Å². The molecule has 0 spiro atoms. The smallest absolute Gasteiger partial charge is 0.410 e. The van der Waals surface area contributed by atoms with Crippen LogP contribution in [0.5, 0.6) is 0 Å². The Kier molecular flexibility index (Phi) is 11.8. The van der Waals surface area contributed by atoms with Crippen LogP contribution >= 0.6 is 0 Å². The maximum absolute atomic E-state index is 13.7.